The third kappa shape index (κ3) is 2.85. The lowest BCUT2D eigenvalue weighted by molar-refractivity contribution is -0.385. The Morgan fingerprint density at radius 1 is 1.40 bits per heavy atom. The SMILES string of the molecule is O=C(O)c1cc(OCC(=O)N2CCC2)ccc1[N+](=O)[O-]. The molecule has 0 aromatic heterocycles. The van der Waals surface area contributed by atoms with Crippen molar-refractivity contribution in [1.82, 2.24) is 4.90 Å². The quantitative estimate of drug-likeness (QED) is 0.634. The number of nitro groups is 1. The Morgan fingerprint density at radius 3 is 2.60 bits per heavy atom. The molecule has 2 rings (SSSR count). The summed E-state index contributed by atoms with van der Waals surface area (Å²) >= 11 is 0. The maximum Gasteiger partial charge on any atom is 0.342 e. The molecule has 1 aliphatic heterocycles. The van der Waals surface area contributed by atoms with Crippen molar-refractivity contribution in [2.24, 2.45) is 0 Å². The molecule has 0 atom stereocenters. The molecule has 1 saturated heterocycles. The van der Waals surface area contributed by atoms with Crippen molar-refractivity contribution in [2.75, 3.05) is 19.7 Å². The van der Waals surface area contributed by atoms with Crippen molar-refractivity contribution < 1.29 is 24.4 Å². The highest BCUT2D eigenvalue weighted by molar-refractivity contribution is 5.92. The van der Waals surface area contributed by atoms with Crippen LogP contribution in [0.2, 0.25) is 0 Å². The van der Waals surface area contributed by atoms with Crippen LogP contribution < -0.4 is 4.74 Å². The Bertz CT molecular complexity index is 567. The number of rotatable bonds is 5. The number of carbonyl (C=O) groups excluding carboxylic acids is 1. The predicted molar refractivity (Wildman–Crippen MR) is 66.7 cm³/mol. The minimum atomic E-state index is -1.42. The first kappa shape index (κ1) is 13.8. The van der Waals surface area contributed by atoms with E-state index in [0.29, 0.717) is 13.1 Å². The van der Waals surface area contributed by atoms with E-state index in [4.69, 9.17) is 9.84 Å². The lowest BCUT2D eigenvalue weighted by Gasteiger charge is -2.30. The summed E-state index contributed by atoms with van der Waals surface area (Å²) in [7, 11) is 0. The van der Waals surface area contributed by atoms with Crippen molar-refractivity contribution in [3.05, 3.63) is 33.9 Å². The summed E-state index contributed by atoms with van der Waals surface area (Å²) in [6.07, 6.45) is 0.965. The molecule has 0 aliphatic carbocycles. The van der Waals surface area contributed by atoms with Crippen LogP contribution in [0.4, 0.5) is 5.69 Å². The second-order valence-corrected chi connectivity index (χ2v) is 4.26. The van der Waals surface area contributed by atoms with Crippen molar-refractivity contribution >= 4 is 17.6 Å². The highest BCUT2D eigenvalue weighted by atomic mass is 16.6. The summed E-state index contributed by atoms with van der Waals surface area (Å²) in [5, 5.41) is 19.6. The fraction of sp³-hybridized carbons (Fsp3) is 0.333. The third-order valence-electron chi connectivity index (χ3n) is 2.97. The van der Waals surface area contributed by atoms with E-state index in [-0.39, 0.29) is 18.3 Å². The first-order chi connectivity index (χ1) is 9.49. The van der Waals surface area contributed by atoms with Gasteiger partial charge in [-0.05, 0) is 12.5 Å². The van der Waals surface area contributed by atoms with E-state index in [1.807, 2.05) is 0 Å². The fourth-order valence-electron chi connectivity index (χ4n) is 1.74. The second kappa shape index (κ2) is 5.55. The molecular formula is C12H12N2O6. The summed E-state index contributed by atoms with van der Waals surface area (Å²) in [6.45, 7) is 1.18. The van der Waals surface area contributed by atoms with Gasteiger partial charge in [-0.3, -0.25) is 14.9 Å². The molecule has 0 unspecified atom stereocenters. The smallest absolute Gasteiger partial charge is 0.342 e. The van der Waals surface area contributed by atoms with Gasteiger partial charge < -0.3 is 14.7 Å². The van der Waals surface area contributed by atoms with Crippen molar-refractivity contribution in [2.45, 2.75) is 6.42 Å². The number of nitrogens with zero attached hydrogens (tertiary/aromatic N) is 2. The van der Waals surface area contributed by atoms with Crippen LogP contribution in [0.15, 0.2) is 18.2 Å². The van der Waals surface area contributed by atoms with Gasteiger partial charge in [-0.1, -0.05) is 0 Å². The minimum absolute atomic E-state index is 0.113. The number of hydrogen-bond acceptors (Lipinski definition) is 5. The molecule has 0 saturated carbocycles. The lowest BCUT2D eigenvalue weighted by Crippen LogP contribution is -2.44. The molecule has 1 fully saturated rings. The molecule has 0 radical (unpaired) electrons. The van der Waals surface area contributed by atoms with Crippen LogP contribution in [0.25, 0.3) is 0 Å². The largest absolute Gasteiger partial charge is 0.484 e. The summed E-state index contributed by atoms with van der Waals surface area (Å²) < 4.78 is 5.17. The minimum Gasteiger partial charge on any atom is -0.484 e. The Morgan fingerprint density at radius 2 is 2.10 bits per heavy atom. The Labute approximate surface area is 113 Å². The van der Waals surface area contributed by atoms with E-state index in [1.54, 1.807) is 4.90 Å². The Balaban J connectivity index is 2.08. The monoisotopic (exact) mass is 280 g/mol. The van der Waals surface area contributed by atoms with Gasteiger partial charge in [0.25, 0.3) is 11.6 Å². The van der Waals surface area contributed by atoms with Gasteiger partial charge in [0.05, 0.1) is 4.92 Å². The van der Waals surface area contributed by atoms with E-state index in [2.05, 4.69) is 0 Å². The average molecular weight is 280 g/mol. The number of carboxylic acid groups (broad SMARTS) is 1. The topological polar surface area (TPSA) is 110 Å². The molecule has 1 amide bonds. The Kier molecular flexibility index (Phi) is 3.83. The molecule has 1 aromatic carbocycles. The first-order valence-corrected chi connectivity index (χ1v) is 5.91. The highest BCUT2D eigenvalue weighted by Gasteiger charge is 2.22. The van der Waals surface area contributed by atoms with E-state index >= 15 is 0 Å². The predicted octanol–water partition coefficient (Wildman–Crippen LogP) is 0.904. The summed E-state index contributed by atoms with van der Waals surface area (Å²) in [6, 6.07) is 3.37. The van der Waals surface area contributed by atoms with Gasteiger partial charge in [0.2, 0.25) is 0 Å². The number of nitro benzene ring substituents is 1. The molecule has 8 nitrogen and oxygen atoms in total. The van der Waals surface area contributed by atoms with Crippen LogP contribution >= 0.6 is 0 Å². The van der Waals surface area contributed by atoms with E-state index in [1.165, 1.54) is 6.07 Å². The van der Waals surface area contributed by atoms with Gasteiger partial charge in [-0.2, -0.15) is 0 Å². The molecule has 1 aliphatic rings. The number of aromatic carboxylic acids is 1. The summed E-state index contributed by atoms with van der Waals surface area (Å²) in [4.78, 5) is 34.0. The number of hydrogen-bond donors (Lipinski definition) is 1. The van der Waals surface area contributed by atoms with E-state index < -0.39 is 22.1 Å². The number of carbonyl (C=O) groups is 2. The number of carboxylic acids is 1. The van der Waals surface area contributed by atoms with Gasteiger partial charge in [0.1, 0.15) is 11.3 Å². The standard InChI is InChI=1S/C12H12N2O6/c15-11(13-4-1-5-13)7-20-8-2-3-10(14(18)19)9(6-8)12(16)17/h2-3,6H,1,4-5,7H2,(H,16,17). The van der Waals surface area contributed by atoms with Crippen LogP contribution in [0.5, 0.6) is 5.75 Å². The molecule has 106 valence electrons. The zero-order valence-corrected chi connectivity index (χ0v) is 10.4. The zero-order chi connectivity index (χ0) is 14.7. The zero-order valence-electron chi connectivity index (χ0n) is 10.4. The van der Waals surface area contributed by atoms with Crippen LogP contribution in [-0.2, 0) is 4.79 Å². The highest BCUT2D eigenvalue weighted by Crippen LogP contribution is 2.24. The van der Waals surface area contributed by atoms with Gasteiger partial charge in [-0.15, -0.1) is 0 Å². The second-order valence-electron chi connectivity index (χ2n) is 4.26. The van der Waals surface area contributed by atoms with Gasteiger partial charge in [0, 0.05) is 25.2 Å². The van der Waals surface area contributed by atoms with Gasteiger partial charge in [-0.25, -0.2) is 4.79 Å². The van der Waals surface area contributed by atoms with Crippen LogP contribution in [0, 0.1) is 10.1 Å². The third-order valence-corrected chi connectivity index (χ3v) is 2.97. The maximum absolute atomic E-state index is 11.6. The lowest BCUT2D eigenvalue weighted by atomic mass is 10.1. The van der Waals surface area contributed by atoms with Crippen molar-refractivity contribution in [3.8, 4) is 5.75 Å². The molecule has 1 aromatic rings. The van der Waals surface area contributed by atoms with Gasteiger partial charge in [0.15, 0.2) is 6.61 Å². The van der Waals surface area contributed by atoms with Crippen molar-refractivity contribution in [3.63, 3.8) is 0 Å². The number of ether oxygens (including phenoxy) is 1. The molecule has 0 spiro atoms. The number of amides is 1. The van der Waals surface area contributed by atoms with Crippen LogP contribution in [0.3, 0.4) is 0 Å². The molecule has 20 heavy (non-hydrogen) atoms. The first-order valence-electron chi connectivity index (χ1n) is 5.91. The molecule has 1 heterocycles. The van der Waals surface area contributed by atoms with Gasteiger partial charge >= 0.3 is 5.97 Å². The summed E-state index contributed by atoms with van der Waals surface area (Å²) in [5.74, 6) is -1.50. The Hall–Kier alpha value is -2.64. The number of likely N-dealkylation sites (tertiary alicyclic amines) is 1. The van der Waals surface area contributed by atoms with Crippen LogP contribution in [-0.4, -0.2) is 46.5 Å². The number of benzene rings is 1. The fourth-order valence-corrected chi connectivity index (χ4v) is 1.74. The molecular weight excluding hydrogens is 268 g/mol. The normalized spacial score (nSPS) is 13.5. The average Bonchev–Trinajstić information content (AvgIpc) is 2.33. The molecule has 0 bridgehead atoms. The summed E-state index contributed by atoms with van der Waals surface area (Å²) in [5.41, 5.74) is -0.984. The van der Waals surface area contributed by atoms with Crippen LogP contribution in [0.1, 0.15) is 16.8 Å². The van der Waals surface area contributed by atoms with E-state index in [9.17, 15) is 19.7 Å². The molecule has 8 heteroatoms. The van der Waals surface area contributed by atoms with E-state index in [0.717, 1.165) is 18.6 Å². The van der Waals surface area contributed by atoms with Crippen molar-refractivity contribution in [1.29, 1.82) is 0 Å². The molecule has 1 N–H and O–H groups in total. The maximum atomic E-state index is 11.6.